The van der Waals surface area contributed by atoms with Crippen LogP contribution in [0.1, 0.15) is 12.5 Å². The number of anilines is 1. The Morgan fingerprint density at radius 3 is 2.93 bits per heavy atom. The molecule has 0 unspecified atom stereocenters. The van der Waals surface area contributed by atoms with E-state index in [1.54, 1.807) is 12.4 Å². The second-order valence-corrected chi connectivity index (χ2v) is 4.06. The van der Waals surface area contributed by atoms with Crippen molar-refractivity contribution in [3.05, 3.63) is 24.0 Å². The summed E-state index contributed by atoms with van der Waals surface area (Å²) in [5.41, 5.74) is 7.19. The van der Waals surface area contributed by atoms with Crippen molar-refractivity contribution in [2.75, 3.05) is 18.0 Å². The van der Waals surface area contributed by atoms with Crippen LogP contribution in [0.25, 0.3) is 0 Å². The number of aromatic nitrogens is 1. The molecule has 0 aromatic carbocycles. The number of pyridine rings is 1. The van der Waals surface area contributed by atoms with E-state index >= 15 is 0 Å². The highest BCUT2D eigenvalue weighted by Gasteiger charge is 2.37. The highest BCUT2D eigenvalue weighted by Crippen LogP contribution is 2.28. The fourth-order valence-electron chi connectivity index (χ4n) is 1.82. The summed E-state index contributed by atoms with van der Waals surface area (Å²) in [6.45, 7) is 3.66. The van der Waals surface area contributed by atoms with Crippen molar-refractivity contribution in [3.63, 3.8) is 0 Å². The molecule has 2 rings (SSSR count). The highest BCUT2D eigenvalue weighted by molar-refractivity contribution is 5.54. The van der Waals surface area contributed by atoms with Crippen molar-refractivity contribution in [2.45, 2.75) is 19.1 Å². The predicted molar refractivity (Wildman–Crippen MR) is 55.0 cm³/mol. The van der Waals surface area contributed by atoms with Crippen LogP contribution in [0.3, 0.4) is 0 Å². The average Bonchev–Trinajstić information content (AvgIpc) is 2.14. The van der Waals surface area contributed by atoms with E-state index in [0.29, 0.717) is 19.6 Å². The Bertz CT molecular complexity index is 330. The molecule has 14 heavy (non-hydrogen) atoms. The SMILES string of the molecule is CC1(O)CN(c2cnccc2CN)C1. The van der Waals surface area contributed by atoms with Gasteiger partial charge in [0.15, 0.2) is 0 Å². The molecule has 1 aliphatic rings. The molecule has 76 valence electrons. The van der Waals surface area contributed by atoms with E-state index in [0.717, 1.165) is 11.3 Å². The molecular weight excluding hydrogens is 178 g/mol. The van der Waals surface area contributed by atoms with Gasteiger partial charge in [0.05, 0.1) is 17.5 Å². The zero-order valence-corrected chi connectivity index (χ0v) is 8.27. The lowest BCUT2D eigenvalue weighted by molar-refractivity contribution is 0.0309. The third kappa shape index (κ3) is 1.58. The van der Waals surface area contributed by atoms with Gasteiger partial charge in [0.1, 0.15) is 0 Å². The van der Waals surface area contributed by atoms with Crippen LogP contribution < -0.4 is 10.6 Å². The van der Waals surface area contributed by atoms with Gasteiger partial charge in [0.2, 0.25) is 0 Å². The third-order valence-electron chi connectivity index (χ3n) is 2.51. The first-order chi connectivity index (χ1) is 6.62. The maximum Gasteiger partial charge on any atom is 0.0967 e. The minimum absolute atomic E-state index is 0.510. The Labute approximate surface area is 83.4 Å². The molecule has 0 saturated carbocycles. The topological polar surface area (TPSA) is 62.4 Å². The molecule has 0 amide bonds. The summed E-state index contributed by atoms with van der Waals surface area (Å²) < 4.78 is 0. The van der Waals surface area contributed by atoms with Crippen molar-refractivity contribution >= 4 is 5.69 Å². The first-order valence-corrected chi connectivity index (χ1v) is 4.73. The van der Waals surface area contributed by atoms with Crippen molar-refractivity contribution in [1.29, 1.82) is 0 Å². The fraction of sp³-hybridized carbons (Fsp3) is 0.500. The number of nitrogens with zero attached hydrogens (tertiary/aromatic N) is 2. The molecule has 1 saturated heterocycles. The van der Waals surface area contributed by atoms with Gasteiger partial charge in [-0.1, -0.05) is 0 Å². The number of β-amino-alcohol motifs (C(OH)–C–C–N with tert-alkyl or cyclic N) is 1. The molecule has 0 bridgehead atoms. The van der Waals surface area contributed by atoms with Gasteiger partial charge in [-0.05, 0) is 18.6 Å². The van der Waals surface area contributed by atoms with E-state index in [4.69, 9.17) is 5.73 Å². The number of aliphatic hydroxyl groups is 1. The number of hydrogen-bond donors (Lipinski definition) is 2. The summed E-state index contributed by atoms with van der Waals surface area (Å²) in [6.07, 6.45) is 3.54. The van der Waals surface area contributed by atoms with Crippen molar-refractivity contribution in [1.82, 2.24) is 4.98 Å². The zero-order chi connectivity index (χ0) is 10.2. The lowest BCUT2D eigenvalue weighted by Crippen LogP contribution is -2.60. The Balaban J connectivity index is 2.18. The normalized spacial score (nSPS) is 19.2. The van der Waals surface area contributed by atoms with Gasteiger partial charge in [-0.25, -0.2) is 0 Å². The Hall–Kier alpha value is -1.13. The van der Waals surface area contributed by atoms with Crippen LogP contribution in [0.5, 0.6) is 0 Å². The molecule has 4 heteroatoms. The second kappa shape index (κ2) is 3.22. The molecular formula is C10H15N3O. The van der Waals surface area contributed by atoms with Gasteiger partial charge in [-0.3, -0.25) is 4.98 Å². The molecule has 4 nitrogen and oxygen atoms in total. The number of nitrogens with two attached hydrogens (primary N) is 1. The molecule has 0 aliphatic carbocycles. The van der Waals surface area contributed by atoms with E-state index in [2.05, 4.69) is 9.88 Å². The maximum atomic E-state index is 9.62. The minimum Gasteiger partial charge on any atom is -0.386 e. The van der Waals surface area contributed by atoms with Crippen LogP contribution in [0.4, 0.5) is 5.69 Å². The van der Waals surface area contributed by atoms with Crippen molar-refractivity contribution in [3.8, 4) is 0 Å². The van der Waals surface area contributed by atoms with Gasteiger partial charge in [0.25, 0.3) is 0 Å². The van der Waals surface area contributed by atoms with Crippen LogP contribution >= 0.6 is 0 Å². The standard InChI is InChI=1S/C10H15N3O/c1-10(14)6-13(7-10)9-5-12-3-2-8(9)4-11/h2-3,5,14H,4,6-7,11H2,1H3. The predicted octanol–water partition coefficient (Wildman–Crippen LogP) is 0.111. The lowest BCUT2D eigenvalue weighted by Gasteiger charge is -2.46. The number of hydrogen-bond acceptors (Lipinski definition) is 4. The van der Waals surface area contributed by atoms with E-state index in [9.17, 15) is 5.11 Å². The molecule has 1 aromatic heterocycles. The molecule has 3 N–H and O–H groups in total. The Morgan fingerprint density at radius 2 is 2.36 bits per heavy atom. The van der Waals surface area contributed by atoms with Gasteiger partial charge in [-0.15, -0.1) is 0 Å². The molecule has 1 aliphatic heterocycles. The molecule has 1 fully saturated rings. The van der Waals surface area contributed by atoms with E-state index in [1.807, 2.05) is 13.0 Å². The number of rotatable bonds is 2. The Morgan fingerprint density at radius 1 is 1.64 bits per heavy atom. The molecule has 0 spiro atoms. The summed E-state index contributed by atoms with van der Waals surface area (Å²) in [5, 5.41) is 9.62. The van der Waals surface area contributed by atoms with E-state index < -0.39 is 5.60 Å². The average molecular weight is 193 g/mol. The minimum atomic E-state index is -0.554. The smallest absolute Gasteiger partial charge is 0.0967 e. The largest absolute Gasteiger partial charge is 0.386 e. The van der Waals surface area contributed by atoms with Crippen LogP contribution in [0.15, 0.2) is 18.5 Å². The highest BCUT2D eigenvalue weighted by atomic mass is 16.3. The summed E-state index contributed by atoms with van der Waals surface area (Å²) in [5.74, 6) is 0. The molecule has 2 heterocycles. The van der Waals surface area contributed by atoms with Gasteiger partial charge >= 0.3 is 0 Å². The monoisotopic (exact) mass is 193 g/mol. The summed E-state index contributed by atoms with van der Waals surface area (Å²) in [6, 6.07) is 1.92. The lowest BCUT2D eigenvalue weighted by atomic mass is 9.95. The molecule has 1 aromatic rings. The first kappa shape index (κ1) is 9.43. The maximum absolute atomic E-state index is 9.62. The second-order valence-electron chi connectivity index (χ2n) is 4.06. The molecule has 0 atom stereocenters. The summed E-state index contributed by atoms with van der Waals surface area (Å²) >= 11 is 0. The van der Waals surface area contributed by atoms with Crippen LogP contribution in [-0.4, -0.2) is 28.8 Å². The van der Waals surface area contributed by atoms with Crippen LogP contribution in [0.2, 0.25) is 0 Å². The van der Waals surface area contributed by atoms with Gasteiger partial charge in [0, 0.05) is 25.8 Å². The van der Waals surface area contributed by atoms with E-state index in [1.165, 1.54) is 0 Å². The summed E-state index contributed by atoms with van der Waals surface area (Å²) in [7, 11) is 0. The van der Waals surface area contributed by atoms with Crippen LogP contribution in [-0.2, 0) is 6.54 Å². The first-order valence-electron chi connectivity index (χ1n) is 4.73. The van der Waals surface area contributed by atoms with Crippen LogP contribution in [0, 0.1) is 0 Å². The quantitative estimate of drug-likeness (QED) is 0.700. The van der Waals surface area contributed by atoms with Crippen molar-refractivity contribution < 1.29 is 5.11 Å². The Kier molecular flexibility index (Phi) is 2.17. The van der Waals surface area contributed by atoms with E-state index in [-0.39, 0.29) is 0 Å². The fourth-order valence-corrected chi connectivity index (χ4v) is 1.82. The zero-order valence-electron chi connectivity index (χ0n) is 8.27. The third-order valence-corrected chi connectivity index (χ3v) is 2.51. The summed E-state index contributed by atoms with van der Waals surface area (Å²) in [4.78, 5) is 6.16. The van der Waals surface area contributed by atoms with Crippen molar-refractivity contribution in [2.24, 2.45) is 5.73 Å². The van der Waals surface area contributed by atoms with Gasteiger partial charge < -0.3 is 15.7 Å². The van der Waals surface area contributed by atoms with Gasteiger partial charge in [-0.2, -0.15) is 0 Å². The molecule has 0 radical (unpaired) electrons.